The summed E-state index contributed by atoms with van der Waals surface area (Å²) in [6, 6.07) is 16.4. The van der Waals surface area contributed by atoms with Crippen molar-refractivity contribution in [1.82, 2.24) is 10.2 Å². The Hall–Kier alpha value is -2.27. The molecule has 3 rings (SSSR count). The first-order valence-corrected chi connectivity index (χ1v) is 12.9. The first kappa shape index (κ1) is 24.4. The first-order valence-electron chi connectivity index (χ1n) is 11.7. The standard InChI is InChI=1S/C27H36N2O2S/c1-4-25(27(31)28-24-13-5-6-14-24)29(17-22-11-7-9-20(2)15-22)26(30)19-32-18-23-12-8-10-21(3)16-23/h7-12,15-16,24-25H,4-6,13-14,17-19H2,1-3H3,(H,28,31)/t25-/m1/s1. The molecule has 0 unspecified atom stereocenters. The van der Waals surface area contributed by atoms with Crippen LogP contribution in [0.5, 0.6) is 0 Å². The molecule has 1 aliphatic carbocycles. The van der Waals surface area contributed by atoms with E-state index < -0.39 is 6.04 Å². The SMILES string of the molecule is CC[C@H](C(=O)NC1CCCC1)N(Cc1cccc(C)c1)C(=O)CSCc1cccc(C)c1. The van der Waals surface area contributed by atoms with Crippen molar-refractivity contribution in [2.45, 2.75) is 77.3 Å². The molecule has 5 heteroatoms. The van der Waals surface area contributed by atoms with Crippen molar-refractivity contribution in [3.8, 4) is 0 Å². The van der Waals surface area contributed by atoms with Gasteiger partial charge in [0.05, 0.1) is 5.75 Å². The van der Waals surface area contributed by atoms with Crippen LogP contribution in [0.15, 0.2) is 48.5 Å². The van der Waals surface area contributed by atoms with Gasteiger partial charge in [-0.05, 0) is 44.2 Å². The highest BCUT2D eigenvalue weighted by molar-refractivity contribution is 7.99. The van der Waals surface area contributed by atoms with Crippen LogP contribution < -0.4 is 5.32 Å². The van der Waals surface area contributed by atoms with Gasteiger partial charge in [-0.1, -0.05) is 79.4 Å². The van der Waals surface area contributed by atoms with Gasteiger partial charge in [-0.15, -0.1) is 11.8 Å². The summed E-state index contributed by atoms with van der Waals surface area (Å²) in [6.45, 7) is 6.59. The van der Waals surface area contributed by atoms with E-state index in [4.69, 9.17) is 0 Å². The monoisotopic (exact) mass is 452 g/mol. The second-order valence-corrected chi connectivity index (χ2v) is 9.89. The maximum absolute atomic E-state index is 13.4. The topological polar surface area (TPSA) is 49.4 Å². The molecule has 1 fully saturated rings. The van der Waals surface area contributed by atoms with E-state index in [9.17, 15) is 9.59 Å². The van der Waals surface area contributed by atoms with Gasteiger partial charge in [0.2, 0.25) is 11.8 Å². The maximum atomic E-state index is 13.4. The van der Waals surface area contributed by atoms with Gasteiger partial charge in [-0.25, -0.2) is 0 Å². The molecule has 1 atom stereocenters. The fraction of sp³-hybridized carbons (Fsp3) is 0.481. The molecule has 0 bridgehead atoms. The molecular weight excluding hydrogens is 416 g/mol. The maximum Gasteiger partial charge on any atom is 0.243 e. The van der Waals surface area contributed by atoms with Crippen LogP contribution in [-0.2, 0) is 21.9 Å². The Morgan fingerprint density at radius 1 is 1.03 bits per heavy atom. The zero-order valence-electron chi connectivity index (χ0n) is 19.6. The molecule has 0 aliphatic heterocycles. The molecule has 2 aromatic carbocycles. The predicted octanol–water partition coefficient (Wildman–Crippen LogP) is 5.40. The zero-order chi connectivity index (χ0) is 22.9. The lowest BCUT2D eigenvalue weighted by Gasteiger charge is -2.31. The summed E-state index contributed by atoms with van der Waals surface area (Å²) >= 11 is 1.61. The number of nitrogens with zero attached hydrogens (tertiary/aromatic N) is 1. The molecule has 0 radical (unpaired) electrons. The second-order valence-electron chi connectivity index (χ2n) is 8.91. The van der Waals surface area contributed by atoms with Gasteiger partial charge < -0.3 is 10.2 Å². The van der Waals surface area contributed by atoms with Crippen LogP contribution in [-0.4, -0.2) is 34.6 Å². The number of hydrogen-bond donors (Lipinski definition) is 1. The minimum atomic E-state index is -0.441. The predicted molar refractivity (Wildman–Crippen MR) is 134 cm³/mol. The van der Waals surface area contributed by atoms with Gasteiger partial charge in [-0.2, -0.15) is 0 Å². The third kappa shape index (κ3) is 7.13. The van der Waals surface area contributed by atoms with Crippen LogP contribution in [0.25, 0.3) is 0 Å². The van der Waals surface area contributed by atoms with Crippen LogP contribution in [0.2, 0.25) is 0 Å². The van der Waals surface area contributed by atoms with Gasteiger partial charge in [-0.3, -0.25) is 9.59 Å². The van der Waals surface area contributed by atoms with Crippen molar-refractivity contribution in [2.75, 3.05) is 5.75 Å². The number of hydrogen-bond acceptors (Lipinski definition) is 3. The van der Waals surface area contributed by atoms with Gasteiger partial charge in [0.25, 0.3) is 0 Å². The molecular formula is C27H36N2O2S. The van der Waals surface area contributed by atoms with Crippen LogP contribution in [0.4, 0.5) is 0 Å². The largest absolute Gasteiger partial charge is 0.352 e. The summed E-state index contributed by atoms with van der Waals surface area (Å²) < 4.78 is 0. The van der Waals surface area contributed by atoms with Crippen molar-refractivity contribution in [3.05, 3.63) is 70.8 Å². The lowest BCUT2D eigenvalue weighted by atomic mass is 10.1. The number of thioether (sulfide) groups is 1. The second kappa shape index (κ2) is 12.1. The van der Waals surface area contributed by atoms with Gasteiger partial charge >= 0.3 is 0 Å². The Labute approximate surface area is 197 Å². The molecule has 1 N–H and O–H groups in total. The Balaban J connectivity index is 1.70. The molecule has 172 valence electrons. The number of carbonyl (C=O) groups is 2. The lowest BCUT2D eigenvalue weighted by molar-refractivity contribution is -0.139. The van der Waals surface area contributed by atoms with E-state index in [2.05, 4.69) is 55.6 Å². The fourth-order valence-corrected chi connectivity index (χ4v) is 5.29. The molecule has 4 nitrogen and oxygen atoms in total. The first-order chi connectivity index (χ1) is 15.5. The molecule has 2 aromatic rings. The van der Waals surface area contributed by atoms with Crippen molar-refractivity contribution in [1.29, 1.82) is 0 Å². The Morgan fingerprint density at radius 3 is 2.28 bits per heavy atom. The van der Waals surface area contributed by atoms with Gasteiger partial charge in [0, 0.05) is 18.3 Å². The molecule has 1 saturated carbocycles. The number of aryl methyl sites for hydroxylation is 2. The number of benzene rings is 2. The highest BCUT2D eigenvalue weighted by Crippen LogP contribution is 2.21. The van der Waals surface area contributed by atoms with E-state index in [0.29, 0.717) is 18.7 Å². The van der Waals surface area contributed by atoms with Crippen LogP contribution in [0.1, 0.15) is 61.3 Å². The van der Waals surface area contributed by atoms with Crippen LogP contribution >= 0.6 is 11.8 Å². The fourth-order valence-electron chi connectivity index (χ4n) is 4.44. The Kier molecular flexibility index (Phi) is 9.22. The molecule has 0 heterocycles. The quantitative estimate of drug-likeness (QED) is 0.525. The Bertz CT molecular complexity index is 908. The minimum Gasteiger partial charge on any atom is -0.352 e. The summed E-state index contributed by atoms with van der Waals surface area (Å²) in [6.07, 6.45) is 5.03. The van der Waals surface area contributed by atoms with Crippen LogP contribution in [0.3, 0.4) is 0 Å². The summed E-state index contributed by atoms with van der Waals surface area (Å²) in [7, 11) is 0. The van der Waals surface area contributed by atoms with Crippen molar-refractivity contribution < 1.29 is 9.59 Å². The highest BCUT2D eigenvalue weighted by atomic mass is 32.2. The summed E-state index contributed by atoms with van der Waals surface area (Å²) in [5, 5.41) is 3.21. The molecule has 0 saturated heterocycles. The third-order valence-electron chi connectivity index (χ3n) is 6.10. The number of rotatable bonds is 10. The van der Waals surface area contributed by atoms with E-state index in [0.717, 1.165) is 29.7 Å². The van der Waals surface area contributed by atoms with E-state index in [1.165, 1.54) is 24.0 Å². The number of carbonyl (C=O) groups excluding carboxylic acids is 2. The van der Waals surface area contributed by atoms with E-state index in [1.54, 1.807) is 16.7 Å². The molecule has 0 spiro atoms. The minimum absolute atomic E-state index is 0.0101. The van der Waals surface area contributed by atoms with Crippen molar-refractivity contribution in [2.24, 2.45) is 0 Å². The van der Waals surface area contributed by atoms with Gasteiger partial charge in [0.1, 0.15) is 6.04 Å². The number of amides is 2. The zero-order valence-corrected chi connectivity index (χ0v) is 20.4. The average molecular weight is 453 g/mol. The molecule has 2 amide bonds. The average Bonchev–Trinajstić information content (AvgIpc) is 3.26. The van der Waals surface area contributed by atoms with E-state index >= 15 is 0 Å². The van der Waals surface area contributed by atoms with Crippen LogP contribution in [0, 0.1) is 13.8 Å². The van der Waals surface area contributed by atoms with Gasteiger partial charge in [0.15, 0.2) is 0 Å². The van der Waals surface area contributed by atoms with E-state index in [-0.39, 0.29) is 17.9 Å². The Morgan fingerprint density at radius 2 is 1.66 bits per heavy atom. The van der Waals surface area contributed by atoms with Crippen molar-refractivity contribution in [3.63, 3.8) is 0 Å². The molecule has 32 heavy (non-hydrogen) atoms. The summed E-state index contributed by atoms with van der Waals surface area (Å²) in [5.74, 6) is 1.17. The highest BCUT2D eigenvalue weighted by Gasteiger charge is 2.30. The lowest BCUT2D eigenvalue weighted by Crippen LogP contribution is -2.51. The number of nitrogens with one attached hydrogen (secondary N) is 1. The summed E-state index contributed by atoms with van der Waals surface area (Å²) in [4.78, 5) is 28.3. The smallest absolute Gasteiger partial charge is 0.243 e. The van der Waals surface area contributed by atoms with Crippen molar-refractivity contribution >= 4 is 23.6 Å². The van der Waals surface area contributed by atoms with E-state index in [1.807, 2.05) is 19.1 Å². The third-order valence-corrected chi connectivity index (χ3v) is 7.09. The molecule has 1 aliphatic rings. The summed E-state index contributed by atoms with van der Waals surface area (Å²) in [5.41, 5.74) is 4.67. The normalized spacial score (nSPS) is 14.8. The molecule has 0 aromatic heterocycles.